The predicted octanol–water partition coefficient (Wildman–Crippen LogP) is 2.07. The summed E-state index contributed by atoms with van der Waals surface area (Å²) in [5, 5.41) is 6.62. The zero-order valence-corrected chi connectivity index (χ0v) is 11.7. The summed E-state index contributed by atoms with van der Waals surface area (Å²) in [6, 6.07) is -0.0406. The van der Waals surface area contributed by atoms with Gasteiger partial charge in [0.1, 0.15) is 0 Å². The Morgan fingerprint density at radius 1 is 1.17 bits per heavy atom. The van der Waals surface area contributed by atoms with Crippen molar-refractivity contribution in [2.75, 3.05) is 6.54 Å². The van der Waals surface area contributed by atoms with Gasteiger partial charge < -0.3 is 10.6 Å². The zero-order chi connectivity index (χ0) is 12.8. The van der Waals surface area contributed by atoms with E-state index in [9.17, 15) is 4.79 Å². The van der Waals surface area contributed by atoms with Gasteiger partial charge in [-0.05, 0) is 70.1 Å². The van der Waals surface area contributed by atoms with E-state index < -0.39 is 0 Å². The van der Waals surface area contributed by atoms with Crippen LogP contribution >= 0.6 is 0 Å². The van der Waals surface area contributed by atoms with Gasteiger partial charge in [0.25, 0.3) is 0 Å². The van der Waals surface area contributed by atoms with Gasteiger partial charge in [0.15, 0.2) is 0 Å². The molecule has 4 aliphatic carbocycles. The first-order chi connectivity index (χ1) is 8.60. The first-order valence-electron chi connectivity index (χ1n) is 7.65. The second-order valence-corrected chi connectivity index (χ2v) is 6.96. The third-order valence-corrected chi connectivity index (χ3v) is 5.31. The molecule has 0 aromatic rings. The fourth-order valence-corrected chi connectivity index (χ4v) is 5.14. The molecule has 4 fully saturated rings. The normalized spacial score (nSPS) is 42.9. The van der Waals surface area contributed by atoms with Crippen LogP contribution in [0.25, 0.3) is 0 Å². The minimum absolute atomic E-state index is 0.0406. The molecular formula is C15H26N2O. The van der Waals surface area contributed by atoms with Gasteiger partial charge in [-0.3, -0.25) is 4.79 Å². The topological polar surface area (TPSA) is 41.1 Å². The number of rotatable bonds is 4. The number of likely N-dealkylation sites (N-methyl/N-ethyl adjacent to an activating group) is 1. The van der Waals surface area contributed by atoms with Crippen LogP contribution in [0.1, 0.15) is 52.4 Å². The first-order valence-corrected chi connectivity index (χ1v) is 7.65. The molecule has 0 radical (unpaired) electrons. The quantitative estimate of drug-likeness (QED) is 0.802. The maximum absolute atomic E-state index is 11.9. The number of carbonyl (C=O) groups is 1. The van der Waals surface area contributed by atoms with Crippen molar-refractivity contribution in [1.29, 1.82) is 0 Å². The molecule has 0 aliphatic heterocycles. The third kappa shape index (κ3) is 2.18. The predicted molar refractivity (Wildman–Crippen MR) is 72.2 cm³/mol. The highest BCUT2D eigenvalue weighted by Gasteiger charge is 2.51. The number of hydrogen-bond donors (Lipinski definition) is 2. The van der Waals surface area contributed by atoms with E-state index in [2.05, 4.69) is 10.6 Å². The third-order valence-electron chi connectivity index (χ3n) is 5.31. The molecule has 4 rings (SSSR count). The summed E-state index contributed by atoms with van der Waals surface area (Å²) in [4.78, 5) is 11.9. The van der Waals surface area contributed by atoms with Crippen molar-refractivity contribution in [3.63, 3.8) is 0 Å². The molecule has 0 heterocycles. The summed E-state index contributed by atoms with van der Waals surface area (Å²) in [7, 11) is 0. The van der Waals surface area contributed by atoms with Crippen molar-refractivity contribution in [1.82, 2.24) is 10.6 Å². The van der Waals surface area contributed by atoms with Crippen LogP contribution in [-0.4, -0.2) is 24.0 Å². The molecule has 0 aromatic heterocycles. The van der Waals surface area contributed by atoms with Gasteiger partial charge in [0.05, 0.1) is 6.04 Å². The van der Waals surface area contributed by atoms with E-state index in [1.807, 2.05) is 13.8 Å². The minimum Gasteiger partial charge on any atom is -0.355 e. The van der Waals surface area contributed by atoms with Crippen LogP contribution in [0.15, 0.2) is 0 Å². The summed E-state index contributed by atoms with van der Waals surface area (Å²) in [6.07, 6.45) is 8.29. The Labute approximate surface area is 110 Å². The van der Waals surface area contributed by atoms with Crippen molar-refractivity contribution in [3.05, 3.63) is 0 Å². The maximum Gasteiger partial charge on any atom is 0.236 e. The zero-order valence-electron chi connectivity index (χ0n) is 11.7. The minimum atomic E-state index is -0.0406. The van der Waals surface area contributed by atoms with Gasteiger partial charge in [-0.25, -0.2) is 0 Å². The Balaban J connectivity index is 1.66. The highest BCUT2D eigenvalue weighted by molar-refractivity contribution is 5.81. The fourth-order valence-electron chi connectivity index (χ4n) is 5.14. The molecule has 1 atom stereocenters. The molecule has 4 aliphatic rings. The molecule has 1 amide bonds. The van der Waals surface area contributed by atoms with Crippen molar-refractivity contribution in [2.45, 2.75) is 64.0 Å². The van der Waals surface area contributed by atoms with Gasteiger partial charge in [0.2, 0.25) is 5.91 Å². The van der Waals surface area contributed by atoms with Crippen LogP contribution in [0, 0.1) is 17.8 Å². The molecule has 18 heavy (non-hydrogen) atoms. The van der Waals surface area contributed by atoms with Gasteiger partial charge in [-0.15, -0.1) is 0 Å². The van der Waals surface area contributed by atoms with E-state index in [-0.39, 0.29) is 11.9 Å². The maximum atomic E-state index is 11.9. The van der Waals surface area contributed by atoms with Crippen molar-refractivity contribution < 1.29 is 4.79 Å². The standard InChI is InChI=1S/C15H26N2O/c1-3-16-14(18)10(2)17-15-7-11-4-12(8-15)6-13(5-11)9-15/h10-13,17H,3-9H2,1-2H3,(H,16,18)/t10-,11?,12?,13?,15?/m1/s1. The van der Waals surface area contributed by atoms with Gasteiger partial charge in [-0.1, -0.05) is 0 Å². The largest absolute Gasteiger partial charge is 0.355 e. The van der Waals surface area contributed by atoms with E-state index in [1.165, 1.54) is 38.5 Å². The monoisotopic (exact) mass is 250 g/mol. The molecular weight excluding hydrogens is 224 g/mol. The average Bonchev–Trinajstić information content (AvgIpc) is 2.26. The lowest BCUT2D eigenvalue weighted by molar-refractivity contribution is -0.124. The molecule has 0 unspecified atom stereocenters. The number of nitrogens with one attached hydrogen (secondary N) is 2. The smallest absolute Gasteiger partial charge is 0.236 e. The van der Waals surface area contributed by atoms with Gasteiger partial charge in [-0.2, -0.15) is 0 Å². The Kier molecular flexibility index (Phi) is 3.13. The lowest BCUT2D eigenvalue weighted by Gasteiger charge is -2.57. The fraction of sp³-hybridized carbons (Fsp3) is 0.933. The molecule has 2 N–H and O–H groups in total. The molecule has 4 bridgehead atoms. The summed E-state index contributed by atoms with van der Waals surface area (Å²) in [5.41, 5.74) is 0.291. The van der Waals surface area contributed by atoms with Crippen molar-refractivity contribution in [3.8, 4) is 0 Å². The van der Waals surface area contributed by atoms with Crippen LogP contribution in [-0.2, 0) is 4.79 Å². The van der Waals surface area contributed by atoms with E-state index >= 15 is 0 Å². The highest BCUT2D eigenvalue weighted by Crippen LogP contribution is 2.55. The van der Waals surface area contributed by atoms with E-state index in [0.717, 1.165) is 24.3 Å². The molecule has 0 saturated heterocycles. The first kappa shape index (κ1) is 12.5. The van der Waals surface area contributed by atoms with Crippen LogP contribution in [0.3, 0.4) is 0 Å². The molecule has 3 heteroatoms. The summed E-state index contributed by atoms with van der Waals surface area (Å²) in [6.45, 7) is 4.73. The second kappa shape index (κ2) is 4.52. The lowest BCUT2D eigenvalue weighted by Crippen LogP contribution is -2.62. The van der Waals surface area contributed by atoms with Crippen LogP contribution < -0.4 is 10.6 Å². The highest BCUT2D eigenvalue weighted by atomic mass is 16.2. The molecule has 0 aromatic carbocycles. The van der Waals surface area contributed by atoms with Crippen molar-refractivity contribution in [2.24, 2.45) is 17.8 Å². The van der Waals surface area contributed by atoms with E-state index in [1.54, 1.807) is 0 Å². The SMILES string of the molecule is CCNC(=O)[C@@H](C)NC12CC3CC(CC(C3)C1)C2. The Hall–Kier alpha value is -0.570. The van der Waals surface area contributed by atoms with E-state index in [0.29, 0.717) is 5.54 Å². The van der Waals surface area contributed by atoms with Crippen LogP contribution in [0.5, 0.6) is 0 Å². The van der Waals surface area contributed by atoms with Gasteiger partial charge >= 0.3 is 0 Å². The Morgan fingerprint density at radius 2 is 1.67 bits per heavy atom. The van der Waals surface area contributed by atoms with E-state index in [4.69, 9.17) is 0 Å². The molecule has 102 valence electrons. The molecule has 0 spiro atoms. The average molecular weight is 250 g/mol. The Morgan fingerprint density at radius 3 is 2.11 bits per heavy atom. The molecule has 3 nitrogen and oxygen atoms in total. The number of amides is 1. The van der Waals surface area contributed by atoms with Crippen LogP contribution in [0.2, 0.25) is 0 Å². The summed E-state index contributed by atoms with van der Waals surface area (Å²) >= 11 is 0. The number of carbonyl (C=O) groups excluding carboxylic acids is 1. The van der Waals surface area contributed by atoms with Crippen LogP contribution in [0.4, 0.5) is 0 Å². The second-order valence-electron chi connectivity index (χ2n) is 6.96. The van der Waals surface area contributed by atoms with Crippen molar-refractivity contribution >= 4 is 5.91 Å². The van der Waals surface area contributed by atoms with Gasteiger partial charge in [0, 0.05) is 12.1 Å². The number of hydrogen-bond acceptors (Lipinski definition) is 2. The lowest BCUT2D eigenvalue weighted by atomic mass is 9.53. The molecule has 4 saturated carbocycles. The Bertz CT molecular complexity index is 304. The summed E-state index contributed by atoms with van der Waals surface area (Å²) < 4.78 is 0. The summed E-state index contributed by atoms with van der Waals surface area (Å²) in [5.74, 6) is 2.97.